The molecule has 0 aliphatic carbocycles. The van der Waals surface area contributed by atoms with Gasteiger partial charge in [0, 0.05) is 11.0 Å². The molecular formula is C21H24NO4+. The average Bonchev–Trinajstić information content (AvgIpc) is 3.19. The van der Waals surface area contributed by atoms with Gasteiger partial charge in [-0.25, -0.2) is 0 Å². The van der Waals surface area contributed by atoms with Gasteiger partial charge in [-0.15, -0.1) is 0 Å². The van der Waals surface area contributed by atoms with E-state index in [-0.39, 0.29) is 41.6 Å². The lowest BCUT2D eigenvalue weighted by Crippen LogP contribution is -3.12. The van der Waals surface area contributed by atoms with Crippen LogP contribution in [0.3, 0.4) is 0 Å². The molecule has 3 saturated heterocycles. The SMILES string of the molecule is CC(C)(C)C(=O)[C@@H]1[C@@H]2[C@H](C(=O)[C@H]3OC[C@@H]2O3)[C@H]2c3ccccc3C=C[NH+]12. The van der Waals surface area contributed by atoms with E-state index in [1.165, 1.54) is 0 Å². The van der Waals surface area contributed by atoms with Crippen molar-refractivity contribution in [1.29, 1.82) is 0 Å². The molecule has 5 nitrogen and oxygen atoms in total. The van der Waals surface area contributed by atoms with Gasteiger partial charge >= 0.3 is 0 Å². The Labute approximate surface area is 153 Å². The van der Waals surface area contributed by atoms with Crippen LogP contribution >= 0.6 is 0 Å². The molecule has 1 N–H and O–H groups in total. The minimum atomic E-state index is -0.760. The molecule has 0 aromatic heterocycles. The lowest BCUT2D eigenvalue weighted by atomic mass is 9.73. The van der Waals surface area contributed by atoms with Crippen LogP contribution in [0.1, 0.15) is 37.9 Å². The Hall–Kier alpha value is -1.82. The molecule has 0 amide bonds. The predicted molar refractivity (Wildman–Crippen MR) is 94.0 cm³/mol. The maximum Gasteiger partial charge on any atom is 0.218 e. The normalized spacial score (nSPS) is 40.1. The van der Waals surface area contributed by atoms with E-state index < -0.39 is 11.7 Å². The van der Waals surface area contributed by atoms with Gasteiger partial charge in [0.15, 0.2) is 17.6 Å². The van der Waals surface area contributed by atoms with Crippen LogP contribution in [0, 0.1) is 17.3 Å². The summed E-state index contributed by atoms with van der Waals surface area (Å²) in [7, 11) is 0. The summed E-state index contributed by atoms with van der Waals surface area (Å²) >= 11 is 0. The van der Waals surface area contributed by atoms with Crippen LogP contribution in [-0.2, 0) is 19.1 Å². The number of rotatable bonds is 1. The zero-order valence-electron chi connectivity index (χ0n) is 15.3. The number of ketones is 2. The van der Waals surface area contributed by atoms with Crippen LogP contribution in [0.5, 0.6) is 0 Å². The fourth-order valence-electron chi connectivity index (χ4n) is 5.29. The number of quaternary nitrogens is 1. The first-order chi connectivity index (χ1) is 12.4. The van der Waals surface area contributed by atoms with E-state index in [9.17, 15) is 9.59 Å². The minimum Gasteiger partial charge on any atom is -0.343 e. The summed E-state index contributed by atoms with van der Waals surface area (Å²) in [6.45, 7) is 6.27. The van der Waals surface area contributed by atoms with Crippen molar-refractivity contribution >= 4 is 17.6 Å². The van der Waals surface area contributed by atoms with E-state index in [4.69, 9.17) is 9.47 Å². The second-order valence-corrected chi connectivity index (χ2v) is 8.88. The molecule has 5 heteroatoms. The van der Waals surface area contributed by atoms with Crippen molar-refractivity contribution in [3.63, 3.8) is 0 Å². The summed E-state index contributed by atoms with van der Waals surface area (Å²) in [4.78, 5) is 27.6. The van der Waals surface area contributed by atoms with Gasteiger partial charge in [0.25, 0.3) is 0 Å². The molecule has 0 spiro atoms. The van der Waals surface area contributed by atoms with Gasteiger partial charge in [0.05, 0.1) is 30.7 Å². The van der Waals surface area contributed by atoms with E-state index in [1.807, 2.05) is 32.9 Å². The summed E-state index contributed by atoms with van der Waals surface area (Å²) in [6, 6.07) is 7.86. The van der Waals surface area contributed by atoms with Gasteiger partial charge in [-0.2, -0.15) is 0 Å². The topological polar surface area (TPSA) is 57.0 Å². The quantitative estimate of drug-likeness (QED) is 0.822. The number of fused-ring (bicyclic) bond motifs is 8. The van der Waals surface area contributed by atoms with Crippen LogP contribution in [-0.4, -0.2) is 36.6 Å². The highest BCUT2D eigenvalue weighted by molar-refractivity contribution is 5.92. The zero-order chi connectivity index (χ0) is 18.2. The summed E-state index contributed by atoms with van der Waals surface area (Å²) in [5, 5.41) is 0. The van der Waals surface area contributed by atoms with Crippen molar-refractivity contribution in [2.24, 2.45) is 17.3 Å². The lowest BCUT2D eigenvalue weighted by Gasteiger charge is -2.32. The van der Waals surface area contributed by atoms with Gasteiger partial charge in [-0.05, 0) is 11.6 Å². The van der Waals surface area contributed by atoms with Crippen LogP contribution in [0.15, 0.2) is 30.5 Å². The Balaban J connectivity index is 1.68. The fourth-order valence-corrected chi connectivity index (χ4v) is 5.29. The maximum atomic E-state index is 13.4. The highest BCUT2D eigenvalue weighted by Crippen LogP contribution is 2.47. The van der Waals surface area contributed by atoms with E-state index in [2.05, 4.69) is 24.4 Å². The van der Waals surface area contributed by atoms with Crippen LogP contribution in [0.4, 0.5) is 0 Å². The molecule has 5 rings (SSSR count). The number of carbonyl (C=O) groups is 2. The number of hydrogen-bond acceptors (Lipinski definition) is 4. The van der Waals surface area contributed by atoms with Crippen LogP contribution in [0.25, 0.3) is 6.08 Å². The van der Waals surface area contributed by atoms with Crippen molar-refractivity contribution in [2.45, 2.75) is 45.2 Å². The van der Waals surface area contributed by atoms with Gasteiger partial charge < -0.3 is 9.47 Å². The molecule has 0 saturated carbocycles. The standard InChI is InChI=1S/C21H23NO4/c1-21(2,3)19(24)17-14-13-10-25-20(26-13)18(23)15(14)16-12-7-5-4-6-11(12)8-9-22(16)17/h4-9,13-17,20H,10H2,1-3H3/p+1/t13-,14-,15-,16+,17-,20-/m0/s1. The fraction of sp³-hybridized carbons (Fsp3) is 0.524. The number of carbonyl (C=O) groups excluding carboxylic acids is 2. The molecule has 2 bridgehead atoms. The van der Waals surface area contributed by atoms with Crippen LogP contribution in [0.2, 0.25) is 0 Å². The van der Waals surface area contributed by atoms with E-state index >= 15 is 0 Å². The van der Waals surface area contributed by atoms with Gasteiger partial charge in [0.1, 0.15) is 6.04 Å². The first kappa shape index (κ1) is 16.4. The van der Waals surface area contributed by atoms with Gasteiger partial charge in [-0.1, -0.05) is 45.0 Å². The third-order valence-corrected chi connectivity index (χ3v) is 6.39. The smallest absolute Gasteiger partial charge is 0.218 e. The molecule has 0 radical (unpaired) electrons. The molecular weight excluding hydrogens is 330 g/mol. The number of hydrogen-bond donors (Lipinski definition) is 1. The summed E-state index contributed by atoms with van der Waals surface area (Å²) < 4.78 is 11.4. The minimum absolute atomic E-state index is 0.000521. The number of ether oxygens (including phenoxy) is 2. The lowest BCUT2D eigenvalue weighted by molar-refractivity contribution is -0.885. The molecule has 4 heterocycles. The molecule has 136 valence electrons. The molecule has 1 aromatic carbocycles. The number of nitrogens with one attached hydrogen (secondary N) is 1. The molecule has 1 unspecified atom stereocenters. The van der Waals surface area contributed by atoms with Gasteiger partial charge in [-0.3, -0.25) is 14.5 Å². The van der Waals surface area contributed by atoms with E-state index in [1.54, 1.807) is 0 Å². The molecule has 3 fully saturated rings. The summed E-state index contributed by atoms with van der Waals surface area (Å²) in [6.07, 6.45) is 3.23. The van der Waals surface area contributed by atoms with Crippen molar-refractivity contribution in [3.05, 3.63) is 41.6 Å². The Bertz CT molecular complexity index is 824. The monoisotopic (exact) mass is 354 g/mol. The Kier molecular flexibility index (Phi) is 3.36. The van der Waals surface area contributed by atoms with Crippen molar-refractivity contribution in [1.82, 2.24) is 0 Å². The van der Waals surface area contributed by atoms with E-state index in [0.29, 0.717) is 6.61 Å². The Morgan fingerprint density at radius 1 is 1.23 bits per heavy atom. The third-order valence-electron chi connectivity index (χ3n) is 6.39. The molecule has 4 aliphatic rings. The molecule has 1 aromatic rings. The maximum absolute atomic E-state index is 13.4. The highest BCUT2D eigenvalue weighted by Gasteiger charge is 2.67. The molecule has 26 heavy (non-hydrogen) atoms. The van der Waals surface area contributed by atoms with Crippen LogP contribution < -0.4 is 4.90 Å². The molecule has 7 atom stereocenters. The van der Waals surface area contributed by atoms with Crippen molar-refractivity contribution in [2.75, 3.05) is 6.61 Å². The zero-order valence-corrected chi connectivity index (χ0v) is 15.3. The average molecular weight is 354 g/mol. The van der Waals surface area contributed by atoms with Crippen molar-refractivity contribution in [3.8, 4) is 0 Å². The first-order valence-electron chi connectivity index (χ1n) is 9.37. The number of benzene rings is 1. The van der Waals surface area contributed by atoms with Gasteiger partial charge in [0.2, 0.25) is 6.29 Å². The largest absolute Gasteiger partial charge is 0.343 e. The summed E-state index contributed by atoms with van der Waals surface area (Å²) in [5.74, 6) is -0.182. The Morgan fingerprint density at radius 2 is 2.00 bits per heavy atom. The highest BCUT2D eigenvalue weighted by atomic mass is 16.7. The number of Topliss-reactive ketones (excluding diaryl/α,β-unsaturated/α-hetero) is 2. The van der Waals surface area contributed by atoms with Crippen molar-refractivity contribution < 1.29 is 24.0 Å². The predicted octanol–water partition coefficient (Wildman–Crippen LogP) is 1.15. The second kappa shape index (κ2) is 5.35. The Morgan fingerprint density at radius 3 is 2.77 bits per heavy atom. The first-order valence-corrected chi connectivity index (χ1v) is 9.37. The third kappa shape index (κ3) is 2.08. The van der Waals surface area contributed by atoms with E-state index in [0.717, 1.165) is 16.0 Å². The second-order valence-electron chi connectivity index (χ2n) is 8.88. The molecule has 4 aliphatic heterocycles. The summed E-state index contributed by atoms with van der Waals surface area (Å²) in [5.41, 5.74) is 1.82.